The lowest BCUT2D eigenvalue weighted by Crippen LogP contribution is -2.42. The van der Waals surface area contributed by atoms with E-state index in [4.69, 9.17) is 5.21 Å². The summed E-state index contributed by atoms with van der Waals surface area (Å²) < 4.78 is 0. The average molecular weight is 117 g/mol. The Bertz CT molecular complexity index is 74.5. The molecule has 1 rings (SSSR count). The van der Waals surface area contributed by atoms with Gasteiger partial charge in [-0.3, -0.25) is 0 Å². The lowest BCUT2D eigenvalue weighted by atomic mass is 10.2. The molecule has 0 saturated carbocycles. The first-order chi connectivity index (χ1) is 3.71. The lowest BCUT2D eigenvalue weighted by Gasteiger charge is -2.36. The summed E-state index contributed by atoms with van der Waals surface area (Å²) in [7, 11) is 0. The van der Waals surface area contributed by atoms with Gasteiger partial charge in [-0.2, -0.15) is 0 Å². The van der Waals surface area contributed by atoms with Crippen LogP contribution in [0.5, 0.6) is 0 Å². The van der Waals surface area contributed by atoms with Gasteiger partial charge in [-0.05, 0) is 19.3 Å². The first-order valence-electron chi connectivity index (χ1n) is 3.02. The molecular weight excluding hydrogens is 106 g/mol. The highest BCUT2D eigenvalue weighted by Crippen LogP contribution is 2.12. The van der Waals surface area contributed by atoms with Crippen molar-refractivity contribution in [1.29, 1.82) is 0 Å². The molecule has 0 radical (unpaired) electrons. The van der Waals surface area contributed by atoms with Crippen LogP contribution in [0.15, 0.2) is 0 Å². The van der Waals surface area contributed by atoms with E-state index in [1.807, 2.05) is 0 Å². The van der Waals surface area contributed by atoms with E-state index in [9.17, 15) is 5.21 Å². The summed E-state index contributed by atoms with van der Waals surface area (Å²) in [5, 5.41) is 19.4. The van der Waals surface area contributed by atoms with E-state index >= 15 is 0 Å². The molecule has 0 bridgehead atoms. The fourth-order valence-corrected chi connectivity index (χ4v) is 1.01. The van der Waals surface area contributed by atoms with Gasteiger partial charge in [-0.25, -0.2) is 10.0 Å². The fraction of sp³-hybridized carbons (Fsp3) is 1.00. The molecule has 1 aliphatic rings. The second kappa shape index (κ2) is 2.01. The van der Waals surface area contributed by atoms with Gasteiger partial charge in [0.2, 0.25) is 0 Å². The van der Waals surface area contributed by atoms with Crippen LogP contribution < -0.4 is 0 Å². The number of quaternary nitrogens is 1. The average Bonchev–Trinajstić information content (AvgIpc) is 1.65. The van der Waals surface area contributed by atoms with E-state index < -0.39 is 4.81 Å². The maximum Gasteiger partial charge on any atom is 0.108 e. The Balaban J connectivity index is 2.33. The molecular formula is C5H11NO2. The van der Waals surface area contributed by atoms with Crippen LogP contribution in [0.1, 0.15) is 19.3 Å². The van der Waals surface area contributed by atoms with E-state index in [2.05, 4.69) is 0 Å². The third-order valence-corrected chi connectivity index (χ3v) is 1.52. The van der Waals surface area contributed by atoms with Crippen LogP contribution >= 0.6 is 0 Å². The van der Waals surface area contributed by atoms with Gasteiger partial charge in [-0.15, -0.1) is 0 Å². The van der Waals surface area contributed by atoms with Crippen LogP contribution in [-0.4, -0.2) is 23.1 Å². The fourth-order valence-electron chi connectivity index (χ4n) is 1.01. The van der Waals surface area contributed by atoms with Crippen LogP contribution in [0.3, 0.4) is 0 Å². The number of hydrogen-bond donors (Lipinski definition) is 1. The minimum atomic E-state index is -1.00. The van der Waals surface area contributed by atoms with E-state index in [0.717, 1.165) is 19.3 Å². The van der Waals surface area contributed by atoms with Gasteiger partial charge >= 0.3 is 0 Å². The van der Waals surface area contributed by atoms with Crippen molar-refractivity contribution in [2.24, 2.45) is 0 Å². The summed E-state index contributed by atoms with van der Waals surface area (Å²) in [6.45, 7) is 0.778. The molecule has 3 heteroatoms. The SMILES string of the molecule is [O-][N+]1(O)CCCCC1. The number of rotatable bonds is 0. The zero-order valence-electron chi connectivity index (χ0n) is 4.84. The summed E-state index contributed by atoms with van der Waals surface area (Å²) in [6.07, 6.45) is 2.85. The number of piperidine rings is 1. The largest absolute Gasteiger partial charge is 0.598 e. The van der Waals surface area contributed by atoms with E-state index in [1.165, 1.54) is 0 Å². The van der Waals surface area contributed by atoms with Crippen molar-refractivity contribution in [3.63, 3.8) is 0 Å². The zero-order valence-corrected chi connectivity index (χ0v) is 4.84. The predicted octanol–water partition coefficient (Wildman–Crippen LogP) is 0.874. The highest BCUT2D eigenvalue weighted by Gasteiger charge is 2.17. The number of hydroxylamine groups is 4. The standard InChI is InChI=1S/C5H11NO2/c7-6(8)4-2-1-3-5-6/h7H,1-5H2. The van der Waals surface area contributed by atoms with Crippen LogP contribution in [0.2, 0.25) is 0 Å². The first kappa shape index (κ1) is 6.01. The maximum atomic E-state index is 10.6. The van der Waals surface area contributed by atoms with Crippen molar-refractivity contribution in [3.8, 4) is 0 Å². The maximum absolute atomic E-state index is 10.6. The number of hydrogen-bond acceptors (Lipinski definition) is 2. The molecule has 3 nitrogen and oxygen atoms in total. The van der Waals surface area contributed by atoms with Crippen molar-refractivity contribution in [1.82, 2.24) is 0 Å². The zero-order chi connectivity index (χ0) is 6.04. The van der Waals surface area contributed by atoms with Gasteiger partial charge in [0.25, 0.3) is 0 Å². The Kier molecular flexibility index (Phi) is 1.51. The van der Waals surface area contributed by atoms with E-state index in [-0.39, 0.29) is 0 Å². The molecule has 1 fully saturated rings. The topological polar surface area (TPSA) is 43.3 Å². The monoisotopic (exact) mass is 117 g/mol. The van der Waals surface area contributed by atoms with Crippen molar-refractivity contribution in [2.75, 3.05) is 13.1 Å². The molecule has 0 aromatic rings. The summed E-state index contributed by atoms with van der Waals surface area (Å²) >= 11 is 0. The Labute approximate surface area is 48.7 Å². The van der Waals surface area contributed by atoms with Gasteiger partial charge < -0.3 is 5.21 Å². The molecule has 0 aromatic carbocycles. The van der Waals surface area contributed by atoms with Crippen molar-refractivity contribution < 1.29 is 10.0 Å². The number of nitrogens with zero attached hydrogens (tertiary/aromatic N) is 1. The van der Waals surface area contributed by atoms with Crippen molar-refractivity contribution in [2.45, 2.75) is 19.3 Å². The molecule has 0 unspecified atom stereocenters. The smallest absolute Gasteiger partial charge is 0.108 e. The predicted molar refractivity (Wildman–Crippen MR) is 29.0 cm³/mol. The van der Waals surface area contributed by atoms with Crippen LogP contribution in [0, 0.1) is 5.21 Å². The molecule has 0 aliphatic carbocycles. The molecule has 1 heterocycles. The second-order valence-corrected chi connectivity index (χ2v) is 2.35. The highest BCUT2D eigenvalue weighted by atomic mass is 16.8. The third-order valence-electron chi connectivity index (χ3n) is 1.52. The highest BCUT2D eigenvalue weighted by molar-refractivity contribution is 4.47. The molecule has 0 spiro atoms. The Morgan fingerprint density at radius 3 is 1.88 bits per heavy atom. The van der Waals surface area contributed by atoms with Gasteiger partial charge in [0.1, 0.15) is 13.1 Å². The molecule has 48 valence electrons. The Morgan fingerprint density at radius 2 is 1.62 bits per heavy atom. The molecule has 1 saturated heterocycles. The normalized spacial score (nSPS) is 27.8. The van der Waals surface area contributed by atoms with Crippen LogP contribution in [0.25, 0.3) is 0 Å². The van der Waals surface area contributed by atoms with Crippen LogP contribution in [-0.2, 0) is 0 Å². The Hall–Kier alpha value is -0.120. The van der Waals surface area contributed by atoms with Gasteiger partial charge in [0.05, 0.1) is 0 Å². The second-order valence-electron chi connectivity index (χ2n) is 2.35. The molecule has 1 aliphatic heterocycles. The summed E-state index contributed by atoms with van der Waals surface area (Å²) in [4.78, 5) is -1.00. The first-order valence-corrected chi connectivity index (χ1v) is 3.02. The quantitative estimate of drug-likeness (QED) is 0.378. The van der Waals surface area contributed by atoms with Crippen LogP contribution in [0.4, 0.5) is 0 Å². The minimum absolute atomic E-state index is 0.389. The molecule has 8 heavy (non-hydrogen) atoms. The van der Waals surface area contributed by atoms with E-state index in [0.29, 0.717) is 13.1 Å². The minimum Gasteiger partial charge on any atom is -0.598 e. The summed E-state index contributed by atoms with van der Waals surface area (Å²) in [5.41, 5.74) is 0. The van der Waals surface area contributed by atoms with Gasteiger partial charge in [0.15, 0.2) is 0 Å². The lowest BCUT2D eigenvalue weighted by molar-refractivity contribution is -1.07. The summed E-state index contributed by atoms with van der Waals surface area (Å²) in [6, 6.07) is 0. The molecule has 0 aromatic heterocycles. The Morgan fingerprint density at radius 1 is 1.12 bits per heavy atom. The molecule has 0 amide bonds. The van der Waals surface area contributed by atoms with Gasteiger partial charge in [0, 0.05) is 0 Å². The summed E-state index contributed by atoms with van der Waals surface area (Å²) in [5.74, 6) is 0. The van der Waals surface area contributed by atoms with Crippen molar-refractivity contribution >= 4 is 0 Å². The molecule has 1 N–H and O–H groups in total. The third kappa shape index (κ3) is 1.43. The van der Waals surface area contributed by atoms with Crippen molar-refractivity contribution in [3.05, 3.63) is 5.21 Å². The van der Waals surface area contributed by atoms with E-state index in [1.54, 1.807) is 0 Å². The molecule has 0 atom stereocenters. The van der Waals surface area contributed by atoms with Gasteiger partial charge in [-0.1, -0.05) is 0 Å².